The second-order valence-electron chi connectivity index (χ2n) is 4.71. The molecule has 2 nitrogen and oxygen atoms in total. The molecule has 2 rings (SSSR count). The van der Waals surface area contributed by atoms with Gasteiger partial charge in [-0.05, 0) is 55.7 Å². The number of hydrogen-bond donors (Lipinski definition) is 1. The topological polar surface area (TPSA) is 43.1 Å². The molecule has 0 saturated carbocycles. The van der Waals surface area contributed by atoms with Gasteiger partial charge in [0, 0.05) is 16.8 Å². The van der Waals surface area contributed by atoms with Crippen molar-refractivity contribution < 1.29 is 4.79 Å². The molecule has 18 heavy (non-hydrogen) atoms. The van der Waals surface area contributed by atoms with Gasteiger partial charge < -0.3 is 5.73 Å². The summed E-state index contributed by atoms with van der Waals surface area (Å²) in [5, 5.41) is 0. The van der Waals surface area contributed by atoms with Crippen molar-refractivity contribution in [3.8, 4) is 0 Å². The van der Waals surface area contributed by atoms with Crippen LogP contribution < -0.4 is 5.73 Å². The van der Waals surface area contributed by atoms with Crippen molar-refractivity contribution in [3.05, 3.63) is 64.2 Å². The van der Waals surface area contributed by atoms with Gasteiger partial charge in [0.25, 0.3) is 0 Å². The summed E-state index contributed by atoms with van der Waals surface area (Å²) in [5.74, 6) is 0.0305. The maximum absolute atomic E-state index is 12.4. The van der Waals surface area contributed by atoms with Crippen LogP contribution in [0.15, 0.2) is 36.4 Å². The summed E-state index contributed by atoms with van der Waals surface area (Å²) < 4.78 is 0. The molecule has 0 atom stereocenters. The Morgan fingerprint density at radius 3 is 2.28 bits per heavy atom. The van der Waals surface area contributed by atoms with E-state index >= 15 is 0 Å². The lowest BCUT2D eigenvalue weighted by molar-refractivity contribution is 0.103. The molecule has 2 aromatic carbocycles. The lowest BCUT2D eigenvalue weighted by Crippen LogP contribution is -2.05. The van der Waals surface area contributed by atoms with Gasteiger partial charge in [-0.3, -0.25) is 4.79 Å². The standard InChI is InChI=1S/C16H17NO/c1-10-7-12(3)15(8-11(10)2)16(18)13-5-4-6-14(17)9-13/h4-9H,17H2,1-3H3. The highest BCUT2D eigenvalue weighted by molar-refractivity contribution is 6.10. The zero-order valence-corrected chi connectivity index (χ0v) is 10.9. The molecule has 0 unspecified atom stereocenters. The molecule has 0 heterocycles. The summed E-state index contributed by atoms with van der Waals surface area (Å²) >= 11 is 0. The van der Waals surface area contributed by atoms with Crippen LogP contribution in [0.4, 0.5) is 5.69 Å². The van der Waals surface area contributed by atoms with Crippen molar-refractivity contribution in [2.45, 2.75) is 20.8 Å². The summed E-state index contributed by atoms with van der Waals surface area (Å²) in [6.07, 6.45) is 0. The van der Waals surface area contributed by atoms with Gasteiger partial charge in [-0.1, -0.05) is 18.2 Å². The third kappa shape index (κ3) is 2.28. The van der Waals surface area contributed by atoms with Crippen molar-refractivity contribution in [2.75, 3.05) is 5.73 Å². The summed E-state index contributed by atoms with van der Waals surface area (Å²) in [7, 11) is 0. The van der Waals surface area contributed by atoms with Crippen LogP contribution in [0.3, 0.4) is 0 Å². The maximum atomic E-state index is 12.4. The quantitative estimate of drug-likeness (QED) is 0.644. The molecule has 0 aliphatic heterocycles. The first-order valence-electron chi connectivity index (χ1n) is 5.97. The largest absolute Gasteiger partial charge is 0.399 e. The van der Waals surface area contributed by atoms with E-state index in [0.717, 1.165) is 16.7 Å². The number of aryl methyl sites for hydroxylation is 3. The summed E-state index contributed by atoms with van der Waals surface area (Å²) in [6.45, 7) is 6.04. The number of rotatable bonds is 2. The third-order valence-corrected chi connectivity index (χ3v) is 3.23. The van der Waals surface area contributed by atoms with E-state index in [1.165, 1.54) is 5.56 Å². The van der Waals surface area contributed by atoms with Crippen LogP contribution in [-0.4, -0.2) is 5.78 Å². The minimum Gasteiger partial charge on any atom is -0.399 e. The average Bonchev–Trinajstić information content (AvgIpc) is 2.33. The summed E-state index contributed by atoms with van der Waals surface area (Å²) in [4.78, 5) is 12.4. The maximum Gasteiger partial charge on any atom is 0.193 e. The molecule has 0 amide bonds. The normalized spacial score (nSPS) is 10.4. The van der Waals surface area contributed by atoms with E-state index in [9.17, 15) is 4.79 Å². The van der Waals surface area contributed by atoms with E-state index in [4.69, 9.17) is 5.73 Å². The van der Waals surface area contributed by atoms with Gasteiger partial charge in [0.2, 0.25) is 0 Å². The van der Waals surface area contributed by atoms with Crippen LogP contribution in [0.1, 0.15) is 32.6 Å². The minimum atomic E-state index is 0.0305. The van der Waals surface area contributed by atoms with E-state index < -0.39 is 0 Å². The molecule has 0 bridgehead atoms. The predicted octanol–water partition coefficient (Wildman–Crippen LogP) is 3.43. The van der Waals surface area contributed by atoms with Crippen LogP contribution in [-0.2, 0) is 0 Å². The lowest BCUT2D eigenvalue weighted by atomic mass is 9.95. The number of nitrogen functional groups attached to an aromatic ring is 1. The van der Waals surface area contributed by atoms with Gasteiger partial charge in [0.05, 0.1) is 0 Å². The lowest BCUT2D eigenvalue weighted by Gasteiger charge is -2.09. The SMILES string of the molecule is Cc1cc(C)c(C(=O)c2cccc(N)c2)cc1C. The number of ketones is 1. The Labute approximate surface area is 107 Å². The van der Waals surface area contributed by atoms with Crippen LogP contribution in [0, 0.1) is 20.8 Å². The second kappa shape index (κ2) is 4.65. The van der Waals surface area contributed by atoms with Gasteiger partial charge in [0.1, 0.15) is 0 Å². The fourth-order valence-electron chi connectivity index (χ4n) is 2.04. The number of hydrogen-bond acceptors (Lipinski definition) is 2. The molecule has 2 N–H and O–H groups in total. The highest BCUT2D eigenvalue weighted by atomic mass is 16.1. The zero-order chi connectivity index (χ0) is 13.3. The zero-order valence-electron chi connectivity index (χ0n) is 10.9. The summed E-state index contributed by atoms with van der Waals surface area (Å²) in [6, 6.07) is 11.1. The van der Waals surface area contributed by atoms with Gasteiger partial charge in [0.15, 0.2) is 5.78 Å². The van der Waals surface area contributed by atoms with Crippen LogP contribution >= 0.6 is 0 Å². The fourth-order valence-corrected chi connectivity index (χ4v) is 2.04. The molecular formula is C16H17NO. The number of benzene rings is 2. The number of carbonyl (C=O) groups excluding carboxylic acids is 1. The first-order valence-corrected chi connectivity index (χ1v) is 5.97. The van der Waals surface area contributed by atoms with Crippen molar-refractivity contribution in [1.29, 1.82) is 0 Å². The Hall–Kier alpha value is -2.09. The molecular weight excluding hydrogens is 222 g/mol. The van der Waals surface area contributed by atoms with Crippen molar-refractivity contribution in [1.82, 2.24) is 0 Å². The molecule has 0 spiro atoms. The molecule has 2 heteroatoms. The van der Waals surface area contributed by atoms with E-state index in [1.807, 2.05) is 19.9 Å². The molecule has 0 saturated heterocycles. The van der Waals surface area contributed by atoms with Crippen molar-refractivity contribution in [3.63, 3.8) is 0 Å². The molecule has 0 aromatic heterocycles. The monoisotopic (exact) mass is 239 g/mol. The van der Waals surface area contributed by atoms with Gasteiger partial charge in [-0.25, -0.2) is 0 Å². The van der Waals surface area contributed by atoms with Gasteiger partial charge in [-0.2, -0.15) is 0 Å². The second-order valence-corrected chi connectivity index (χ2v) is 4.71. The Morgan fingerprint density at radius 2 is 1.61 bits per heavy atom. The number of nitrogens with two attached hydrogens (primary N) is 1. The molecule has 0 aliphatic carbocycles. The van der Waals surface area contributed by atoms with Crippen molar-refractivity contribution in [2.24, 2.45) is 0 Å². The minimum absolute atomic E-state index is 0.0305. The van der Waals surface area contributed by atoms with E-state index in [2.05, 4.69) is 13.0 Å². The summed E-state index contributed by atoms with van der Waals surface area (Å²) in [5.41, 5.74) is 11.1. The van der Waals surface area contributed by atoms with Crippen LogP contribution in [0.25, 0.3) is 0 Å². The number of carbonyl (C=O) groups is 1. The fraction of sp³-hybridized carbons (Fsp3) is 0.188. The van der Waals surface area contributed by atoms with Gasteiger partial charge in [-0.15, -0.1) is 0 Å². The molecule has 2 aromatic rings. The van der Waals surface area contributed by atoms with Crippen LogP contribution in [0.2, 0.25) is 0 Å². The molecule has 92 valence electrons. The Kier molecular flexibility index (Phi) is 3.19. The Morgan fingerprint density at radius 1 is 0.944 bits per heavy atom. The smallest absolute Gasteiger partial charge is 0.193 e. The molecule has 0 aliphatic rings. The molecule has 0 radical (unpaired) electrons. The first-order chi connectivity index (χ1) is 8.49. The number of anilines is 1. The van der Waals surface area contributed by atoms with E-state index in [1.54, 1.807) is 24.3 Å². The third-order valence-electron chi connectivity index (χ3n) is 3.23. The highest BCUT2D eigenvalue weighted by Crippen LogP contribution is 2.19. The first kappa shape index (κ1) is 12.4. The van der Waals surface area contributed by atoms with E-state index in [-0.39, 0.29) is 5.78 Å². The Bertz CT molecular complexity index is 614. The van der Waals surface area contributed by atoms with Crippen LogP contribution in [0.5, 0.6) is 0 Å². The van der Waals surface area contributed by atoms with Gasteiger partial charge >= 0.3 is 0 Å². The molecule has 0 fully saturated rings. The highest BCUT2D eigenvalue weighted by Gasteiger charge is 2.13. The van der Waals surface area contributed by atoms with Crippen molar-refractivity contribution >= 4 is 11.5 Å². The van der Waals surface area contributed by atoms with E-state index in [0.29, 0.717) is 11.3 Å². The average molecular weight is 239 g/mol. The predicted molar refractivity (Wildman–Crippen MR) is 74.9 cm³/mol. The Balaban J connectivity index is 2.49.